The van der Waals surface area contributed by atoms with Gasteiger partial charge in [-0.15, -0.1) is 0 Å². The molecule has 3 aromatic rings. The molecule has 0 aliphatic carbocycles. The minimum Gasteiger partial charge on any atom is -0.497 e. The second kappa shape index (κ2) is 9.33. The Bertz CT molecular complexity index is 1090. The molecule has 2 saturated heterocycles. The number of nitrogens with zero attached hydrogens (tertiary/aromatic N) is 3. The van der Waals surface area contributed by atoms with Crippen LogP contribution in [0.15, 0.2) is 79.1 Å². The predicted molar refractivity (Wildman–Crippen MR) is 126 cm³/mol. The van der Waals surface area contributed by atoms with Crippen LogP contribution >= 0.6 is 0 Å². The Labute approximate surface area is 194 Å². The van der Waals surface area contributed by atoms with E-state index in [2.05, 4.69) is 40.2 Å². The number of hydrogen-bond acceptors (Lipinski definition) is 5. The van der Waals surface area contributed by atoms with Gasteiger partial charge in [0.1, 0.15) is 5.75 Å². The normalized spacial score (nSPS) is 23.2. The van der Waals surface area contributed by atoms with Crippen LogP contribution in [-0.2, 0) is 22.6 Å². The fourth-order valence-corrected chi connectivity index (χ4v) is 5.11. The lowest BCUT2D eigenvalue weighted by Crippen LogP contribution is -2.59. The molecule has 2 aliphatic rings. The van der Waals surface area contributed by atoms with Crippen molar-refractivity contribution in [2.24, 2.45) is 0 Å². The molecule has 2 aliphatic heterocycles. The van der Waals surface area contributed by atoms with E-state index in [1.807, 2.05) is 47.5 Å². The lowest BCUT2D eigenvalue weighted by atomic mass is 9.83. The van der Waals surface area contributed by atoms with Gasteiger partial charge in [-0.05, 0) is 34.9 Å². The van der Waals surface area contributed by atoms with E-state index < -0.39 is 5.60 Å². The molecule has 0 unspecified atom stereocenters. The average molecular weight is 444 g/mol. The highest BCUT2D eigenvalue weighted by molar-refractivity contribution is 5.88. The number of morpholine rings is 1. The van der Waals surface area contributed by atoms with Crippen molar-refractivity contribution in [3.8, 4) is 5.75 Å². The van der Waals surface area contributed by atoms with E-state index in [0.717, 1.165) is 35.5 Å². The molecule has 33 heavy (non-hydrogen) atoms. The molecule has 2 fully saturated rings. The van der Waals surface area contributed by atoms with Gasteiger partial charge in [-0.3, -0.25) is 14.7 Å². The van der Waals surface area contributed by atoms with Crippen LogP contribution in [0.4, 0.5) is 0 Å². The third-order valence-corrected chi connectivity index (χ3v) is 6.68. The number of likely N-dealkylation sites (tertiary alicyclic amines) is 1. The molecular weight excluding hydrogens is 414 g/mol. The summed E-state index contributed by atoms with van der Waals surface area (Å²) in [5.41, 5.74) is 2.42. The first-order chi connectivity index (χ1) is 16.2. The zero-order valence-electron chi connectivity index (χ0n) is 18.9. The van der Waals surface area contributed by atoms with Gasteiger partial charge in [0.15, 0.2) is 5.60 Å². The number of hydrogen-bond donors (Lipinski definition) is 0. The Balaban J connectivity index is 1.44. The van der Waals surface area contributed by atoms with Gasteiger partial charge in [-0.25, -0.2) is 0 Å². The van der Waals surface area contributed by atoms with Crippen LogP contribution in [0.25, 0.3) is 0 Å². The van der Waals surface area contributed by atoms with Crippen LogP contribution < -0.4 is 4.74 Å². The molecule has 1 amide bonds. The Morgan fingerprint density at radius 1 is 1.06 bits per heavy atom. The van der Waals surface area contributed by atoms with E-state index in [-0.39, 0.29) is 11.8 Å². The summed E-state index contributed by atoms with van der Waals surface area (Å²) >= 11 is 0. The van der Waals surface area contributed by atoms with Crippen molar-refractivity contribution in [2.45, 2.75) is 24.6 Å². The van der Waals surface area contributed by atoms with E-state index in [1.165, 1.54) is 0 Å². The summed E-state index contributed by atoms with van der Waals surface area (Å²) < 4.78 is 11.8. The van der Waals surface area contributed by atoms with Gasteiger partial charge in [0.25, 0.3) is 5.91 Å². The largest absolute Gasteiger partial charge is 0.497 e. The Morgan fingerprint density at radius 2 is 1.91 bits per heavy atom. The summed E-state index contributed by atoms with van der Waals surface area (Å²) in [5.74, 6) is 0.826. The summed E-state index contributed by atoms with van der Waals surface area (Å²) in [6.07, 6.45) is 3.64. The summed E-state index contributed by atoms with van der Waals surface area (Å²) in [6, 6.07) is 22.2. The fourth-order valence-electron chi connectivity index (χ4n) is 5.11. The Hall–Kier alpha value is -3.22. The standard InChI is InChI=1S/C27H29N3O3/c1-32-24-11-5-9-22(15-24)17-29-19-25(23-10-6-12-28-16-23)27(20-29)26(31)30(13-14-33-27)18-21-7-3-2-4-8-21/h2-12,15-16,25H,13-14,17-20H2,1H3/t25-,27-/m0/s1. The van der Waals surface area contributed by atoms with Crippen LogP contribution in [0.3, 0.4) is 0 Å². The summed E-state index contributed by atoms with van der Waals surface area (Å²) in [7, 11) is 1.68. The number of amides is 1. The maximum absolute atomic E-state index is 14.0. The predicted octanol–water partition coefficient (Wildman–Crippen LogP) is 3.49. The van der Waals surface area contributed by atoms with E-state index >= 15 is 0 Å². The van der Waals surface area contributed by atoms with Gasteiger partial charge >= 0.3 is 0 Å². The van der Waals surface area contributed by atoms with Gasteiger partial charge < -0.3 is 14.4 Å². The second-order valence-corrected chi connectivity index (χ2v) is 8.81. The maximum atomic E-state index is 14.0. The molecule has 1 spiro atoms. The second-order valence-electron chi connectivity index (χ2n) is 8.81. The summed E-state index contributed by atoms with van der Waals surface area (Å²) in [6.45, 7) is 3.74. The molecule has 0 N–H and O–H groups in total. The minimum atomic E-state index is -0.908. The number of pyridine rings is 1. The number of rotatable bonds is 6. The highest BCUT2D eigenvalue weighted by Crippen LogP contribution is 2.42. The zero-order chi connectivity index (χ0) is 22.7. The van der Waals surface area contributed by atoms with Crippen molar-refractivity contribution in [3.05, 3.63) is 95.8 Å². The van der Waals surface area contributed by atoms with Crippen LogP contribution in [0.2, 0.25) is 0 Å². The quantitative estimate of drug-likeness (QED) is 0.584. The van der Waals surface area contributed by atoms with Crippen molar-refractivity contribution in [1.82, 2.24) is 14.8 Å². The molecule has 170 valence electrons. The first kappa shape index (κ1) is 21.6. The topological polar surface area (TPSA) is 54.9 Å². The number of carbonyl (C=O) groups is 1. The molecule has 5 rings (SSSR count). The molecule has 2 atom stereocenters. The van der Waals surface area contributed by atoms with E-state index in [0.29, 0.717) is 26.2 Å². The third kappa shape index (κ3) is 4.36. The fraction of sp³-hybridized carbons (Fsp3) is 0.333. The van der Waals surface area contributed by atoms with Crippen LogP contribution in [0, 0.1) is 0 Å². The monoisotopic (exact) mass is 443 g/mol. The van der Waals surface area contributed by atoms with Crippen LogP contribution in [-0.4, -0.2) is 59.6 Å². The van der Waals surface area contributed by atoms with E-state index in [1.54, 1.807) is 13.3 Å². The molecule has 3 heterocycles. The lowest BCUT2D eigenvalue weighted by Gasteiger charge is -2.42. The van der Waals surface area contributed by atoms with Crippen molar-refractivity contribution >= 4 is 5.91 Å². The number of methoxy groups -OCH3 is 1. The van der Waals surface area contributed by atoms with Gasteiger partial charge in [-0.2, -0.15) is 0 Å². The van der Waals surface area contributed by atoms with Crippen molar-refractivity contribution in [2.75, 3.05) is 33.4 Å². The first-order valence-corrected chi connectivity index (χ1v) is 11.4. The van der Waals surface area contributed by atoms with Gasteiger partial charge in [0.2, 0.25) is 0 Å². The summed E-state index contributed by atoms with van der Waals surface area (Å²) in [5, 5.41) is 0. The van der Waals surface area contributed by atoms with E-state index in [9.17, 15) is 4.79 Å². The molecule has 6 nitrogen and oxygen atoms in total. The average Bonchev–Trinajstić information content (AvgIpc) is 3.22. The number of ether oxygens (including phenoxy) is 2. The highest BCUT2D eigenvalue weighted by atomic mass is 16.5. The number of carbonyl (C=O) groups excluding carboxylic acids is 1. The van der Waals surface area contributed by atoms with E-state index in [4.69, 9.17) is 9.47 Å². The number of benzene rings is 2. The van der Waals surface area contributed by atoms with Gasteiger partial charge in [0, 0.05) is 51.0 Å². The Kier molecular flexibility index (Phi) is 6.11. The highest BCUT2D eigenvalue weighted by Gasteiger charge is 2.56. The van der Waals surface area contributed by atoms with Crippen molar-refractivity contribution in [3.63, 3.8) is 0 Å². The first-order valence-electron chi connectivity index (χ1n) is 11.4. The molecule has 6 heteroatoms. The smallest absolute Gasteiger partial charge is 0.257 e. The zero-order valence-corrected chi connectivity index (χ0v) is 18.9. The SMILES string of the molecule is COc1cccc(CN2C[C@@H](c3cccnc3)[C@]3(C2)OCCN(Cc2ccccc2)C3=O)c1. The third-order valence-electron chi connectivity index (χ3n) is 6.68. The van der Waals surface area contributed by atoms with Gasteiger partial charge in [-0.1, -0.05) is 48.5 Å². The van der Waals surface area contributed by atoms with Gasteiger partial charge in [0.05, 0.1) is 13.7 Å². The molecule has 0 saturated carbocycles. The Morgan fingerprint density at radius 3 is 2.70 bits per heavy atom. The maximum Gasteiger partial charge on any atom is 0.257 e. The molecule has 2 aromatic carbocycles. The van der Waals surface area contributed by atoms with Crippen molar-refractivity contribution < 1.29 is 14.3 Å². The molecular formula is C27H29N3O3. The van der Waals surface area contributed by atoms with Crippen LogP contribution in [0.1, 0.15) is 22.6 Å². The van der Waals surface area contributed by atoms with Crippen LogP contribution in [0.5, 0.6) is 5.75 Å². The molecule has 0 radical (unpaired) electrons. The minimum absolute atomic E-state index is 0.0691. The lowest BCUT2D eigenvalue weighted by molar-refractivity contribution is -0.173. The molecule has 1 aromatic heterocycles. The van der Waals surface area contributed by atoms with Crippen molar-refractivity contribution in [1.29, 1.82) is 0 Å². The summed E-state index contributed by atoms with van der Waals surface area (Å²) in [4.78, 5) is 22.6. The molecule has 0 bridgehead atoms. The number of aromatic nitrogens is 1.